The van der Waals surface area contributed by atoms with Gasteiger partial charge in [0.2, 0.25) is 0 Å². The van der Waals surface area contributed by atoms with Gasteiger partial charge in [-0.1, -0.05) is 15.9 Å². The Labute approximate surface area is 87.3 Å². The molecule has 0 aromatic heterocycles. The maximum atomic E-state index is 11.8. The lowest BCUT2D eigenvalue weighted by molar-refractivity contribution is 0.184. The second-order valence-corrected chi connectivity index (χ2v) is 5.19. The lowest BCUT2D eigenvalue weighted by Gasteiger charge is -2.18. The van der Waals surface area contributed by atoms with Gasteiger partial charge in [0.1, 0.15) is 0 Å². The highest BCUT2D eigenvalue weighted by atomic mass is 79.9. The summed E-state index contributed by atoms with van der Waals surface area (Å²) in [5, 5.41) is 9.64. The zero-order valence-electron chi connectivity index (χ0n) is 7.90. The number of alkyl halides is 1. The highest BCUT2D eigenvalue weighted by Gasteiger charge is 2.26. The fourth-order valence-electron chi connectivity index (χ4n) is 0.843. The van der Waals surface area contributed by atoms with Gasteiger partial charge in [-0.15, -0.1) is 0 Å². The minimum atomic E-state index is -3.07. The number of hydrogen-bond acceptors (Lipinski definition) is 4. The molecule has 6 heteroatoms. The molecule has 80 valence electrons. The van der Waals surface area contributed by atoms with Crippen LogP contribution in [0.2, 0.25) is 0 Å². The van der Waals surface area contributed by atoms with E-state index in [2.05, 4.69) is 15.9 Å². The molecule has 0 amide bonds. The summed E-state index contributed by atoms with van der Waals surface area (Å²) in [6.45, 7) is 4.14. The van der Waals surface area contributed by atoms with Gasteiger partial charge in [0, 0.05) is 5.33 Å². The van der Waals surface area contributed by atoms with Gasteiger partial charge in [-0.3, -0.25) is 4.57 Å². The van der Waals surface area contributed by atoms with Crippen molar-refractivity contribution in [1.29, 1.82) is 0 Å². The molecule has 0 spiro atoms. The van der Waals surface area contributed by atoms with Gasteiger partial charge in [-0.2, -0.15) is 0 Å². The van der Waals surface area contributed by atoms with Crippen molar-refractivity contribution >= 4 is 23.5 Å². The quantitative estimate of drug-likeness (QED) is 0.570. The Bertz CT molecular complexity index is 166. The summed E-state index contributed by atoms with van der Waals surface area (Å²) >= 11 is 3.09. The summed E-state index contributed by atoms with van der Waals surface area (Å²) in [6.07, 6.45) is -0.649. The van der Waals surface area contributed by atoms with E-state index >= 15 is 0 Å². The van der Waals surface area contributed by atoms with E-state index in [1.807, 2.05) is 0 Å². The summed E-state index contributed by atoms with van der Waals surface area (Å²) in [7, 11) is -3.07. The topological polar surface area (TPSA) is 55.8 Å². The Balaban J connectivity index is 4.14. The number of aliphatic hydroxyl groups excluding tert-OH is 1. The number of aliphatic hydroxyl groups is 1. The fraction of sp³-hybridized carbons (Fsp3) is 1.00. The van der Waals surface area contributed by atoms with Crippen LogP contribution in [0.4, 0.5) is 0 Å². The molecule has 0 saturated carbocycles. The van der Waals surface area contributed by atoms with E-state index in [1.165, 1.54) is 0 Å². The molecule has 13 heavy (non-hydrogen) atoms. The summed E-state index contributed by atoms with van der Waals surface area (Å²) in [5.41, 5.74) is 0. The largest absolute Gasteiger partial charge is 0.392 e. The van der Waals surface area contributed by atoms with Crippen molar-refractivity contribution < 1.29 is 18.7 Å². The SMILES string of the molecule is CCOP(=O)(CC(O)CBr)OCC. The van der Waals surface area contributed by atoms with Gasteiger partial charge in [0.05, 0.1) is 25.5 Å². The smallest absolute Gasteiger partial charge is 0.333 e. The summed E-state index contributed by atoms with van der Waals surface area (Å²) < 4.78 is 21.7. The molecule has 0 fully saturated rings. The molecule has 4 nitrogen and oxygen atoms in total. The molecule has 0 aliphatic rings. The van der Waals surface area contributed by atoms with Crippen LogP contribution in [0.5, 0.6) is 0 Å². The maximum Gasteiger partial charge on any atom is 0.333 e. The van der Waals surface area contributed by atoms with Crippen LogP contribution < -0.4 is 0 Å². The number of rotatable bonds is 7. The summed E-state index contributed by atoms with van der Waals surface area (Å²) in [4.78, 5) is 0. The molecule has 1 atom stereocenters. The van der Waals surface area contributed by atoms with Gasteiger partial charge in [0.25, 0.3) is 0 Å². The lowest BCUT2D eigenvalue weighted by atomic mass is 10.5. The second-order valence-electron chi connectivity index (χ2n) is 2.44. The van der Waals surface area contributed by atoms with Crippen molar-refractivity contribution in [1.82, 2.24) is 0 Å². The zero-order valence-corrected chi connectivity index (χ0v) is 10.4. The van der Waals surface area contributed by atoms with Gasteiger partial charge in [0.15, 0.2) is 0 Å². The van der Waals surface area contributed by atoms with Crippen LogP contribution in [-0.4, -0.2) is 35.9 Å². The van der Waals surface area contributed by atoms with Crippen LogP contribution in [0.25, 0.3) is 0 Å². The summed E-state index contributed by atoms with van der Waals surface area (Å²) in [5.74, 6) is 0. The first-order chi connectivity index (χ1) is 6.08. The molecule has 0 bridgehead atoms. The van der Waals surface area contributed by atoms with E-state index in [9.17, 15) is 9.67 Å². The van der Waals surface area contributed by atoms with Crippen molar-refractivity contribution in [2.24, 2.45) is 0 Å². The first-order valence-corrected chi connectivity index (χ1v) is 7.05. The zero-order chi connectivity index (χ0) is 10.3. The van der Waals surface area contributed by atoms with Crippen LogP contribution in [0.3, 0.4) is 0 Å². The van der Waals surface area contributed by atoms with Crippen molar-refractivity contribution in [3.05, 3.63) is 0 Å². The molecular formula is C7H16BrO4P. The average Bonchev–Trinajstić information content (AvgIpc) is 2.04. The van der Waals surface area contributed by atoms with Crippen LogP contribution in [0.1, 0.15) is 13.8 Å². The monoisotopic (exact) mass is 274 g/mol. The molecular weight excluding hydrogens is 259 g/mol. The molecule has 0 aliphatic carbocycles. The van der Waals surface area contributed by atoms with E-state index in [-0.39, 0.29) is 6.16 Å². The molecule has 0 aromatic rings. The second kappa shape index (κ2) is 6.96. The van der Waals surface area contributed by atoms with Gasteiger partial charge in [-0.05, 0) is 13.8 Å². The van der Waals surface area contributed by atoms with Crippen molar-refractivity contribution in [3.63, 3.8) is 0 Å². The Morgan fingerprint density at radius 3 is 2.15 bits per heavy atom. The number of hydrogen-bond donors (Lipinski definition) is 1. The van der Waals surface area contributed by atoms with Gasteiger partial charge in [-0.25, -0.2) is 0 Å². The fourth-order valence-corrected chi connectivity index (χ4v) is 3.14. The normalized spacial score (nSPS) is 14.5. The average molecular weight is 275 g/mol. The predicted octanol–water partition coefficient (Wildman–Crippen LogP) is 2.01. The van der Waals surface area contributed by atoms with E-state index < -0.39 is 13.7 Å². The van der Waals surface area contributed by atoms with E-state index in [4.69, 9.17) is 9.05 Å². The highest BCUT2D eigenvalue weighted by Crippen LogP contribution is 2.48. The van der Waals surface area contributed by atoms with E-state index in [0.29, 0.717) is 18.5 Å². The Kier molecular flexibility index (Phi) is 7.27. The first-order valence-electron chi connectivity index (χ1n) is 4.20. The van der Waals surface area contributed by atoms with Gasteiger partial charge < -0.3 is 14.2 Å². The highest BCUT2D eigenvalue weighted by molar-refractivity contribution is 9.09. The van der Waals surface area contributed by atoms with E-state index in [0.717, 1.165) is 0 Å². The van der Waals surface area contributed by atoms with Crippen LogP contribution in [-0.2, 0) is 13.6 Å². The maximum absolute atomic E-state index is 11.8. The molecule has 0 aliphatic heterocycles. The minimum Gasteiger partial charge on any atom is -0.392 e. The third kappa shape index (κ3) is 5.81. The molecule has 1 unspecified atom stereocenters. The third-order valence-electron chi connectivity index (χ3n) is 1.26. The Hall–Kier alpha value is 0.590. The standard InChI is InChI=1S/C7H16BrO4P/c1-3-11-13(10,12-4-2)6-7(9)5-8/h7,9H,3-6H2,1-2H3. The van der Waals surface area contributed by atoms with Crippen molar-refractivity contribution in [2.45, 2.75) is 20.0 Å². The lowest BCUT2D eigenvalue weighted by Crippen LogP contribution is -2.16. The Morgan fingerprint density at radius 1 is 1.38 bits per heavy atom. The van der Waals surface area contributed by atoms with E-state index in [1.54, 1.807) is 13.8 Å². The molecule has 0 radical (unpaired) electrons. The minimum absolute atomic E-state index is 0.0416. The molecule has 0 heterocycles. The number of halogens is 1. The molecule has 0 rings (SSSR count). The first kappa shape index (κ1) is 13.6. The van der Waals surface area contributed by atoms with Crippen molar-refractivity contribution in [3.8, 4) is 0 Å². The Morgan fingerprint density at radius 2 is 1.85 bits per heavy atom. The van der Waals surface area contributed by atoms with Crippen LogP contribution >= 0.6 is 23.5 Å². The van der Waals surface area contributed by atoms with Crippen molar-refractivity contribution in [2.75, 3.05) is 24.7 Å². The molecule has 0 saturated heterocycles. The van der Waals surface area contributed by atoms with Crippen LogP contribution in [0.15, 0.2) is 0 Å². The summed E-state index contributed by atoms with van der Waals surface area (Å²) in [6, 6.07) is 0. The van der Waals surface area contributed by atoms with Gasteiger partial charge >= 0.3 is 7.60 Å². The van der Waals surface area contributed by atoms with Crippen LogP contribution in [0, 0.1) is 0 Å². The molecule has 0 aromatic carbocycles. The third-order valence-corrected chi connectivity index (χ3v) is 4.18. The molecule has 1 N–H and O–H groups in total. The predicted molar refractivity (Wildman–Crippen MR) is 55.5 cm³/mol.